The van der Waals surface area contributed by atoms with Gasteiger partial charge in [0.25, 0.3) is 0 Å². The van der Waals surface area contributed by atoms with Crippen molar-refractivity contribution in [3.8, 4) is 0 Å². The molecule has 1 aromatic rings. The molecule has 0 aliphatic carbocycles. The Balaban J connectivity index is 2.20. The molecule has 1 atom stereocenters. The number of hydrogen-bond acceptors (Lipinski definition) is 4. The van der Waals surface area contributed by atoms with Crippen LogP contribution in [0.4, 0.5) is 4.79 Å². The highest BCUT2D eigenvalue weighted by molar-refractivity contribution is 5.74. The van der Waals surface area contributed by atoms with Gasteiger partial charge in [-0.3, -0.25) is 4.79 Å². The zero-order valence-electron chi connectivity index (χ0n) is 11.8. The lowest BCUT2D eigenvalue weighted by Crippen LogP contribution is -2.39. The van der Waals surface area contributed by atoms with Crippen LogP contribution in [0.15, 0.2) is 6.33 Å². The maximum absolute atomic E-state index is 11.6. The molecule has 0 bridgehead atoms. The van der Waals surface area contributed by atoms with Crippen LogP contribution in [0.1, 0.15) is 25.6 Å². The number of amides is 2. The van der Waals surface area contributed by atoms with Crippen LogP contribution < -0.4 is 10.6 Å². The molecule has 1 heterocycles. The van der Waals surface area contributed by atoms with E-state index in [1.807, 2.05) is 14.0 Å². The van der Waals surface area contributed by atoms with E-state index >= 15 is 0 Å². The number of aliphatic carboxylic acids is 1. The minimum Gasteiger partial charge on any atom is -0.481 e. The lowest BCUT2D eigenvalue weighted by atomic mass is 10.0. The molecule has 1 aromatic heterocycles. The number of carbonyl (C=O) groups excluding carboxylic acids is 1. The normalized spacial score (nSPS) is 11.9. The van der Waals surface area contributed by atoms with E-state index in [9.17, 15) is 9.59 Å². The number of hydrogen-bond donors (Lipinski definition) is 3. The molecule has 0 radical (unpaired) electrons. The number of aryl methyl sites for hydroxylation is 1. The Hall–Kier alpha value is -2.12. The van der Waals surface area contributed by atoms with Gasteiger partial charge in [-0.2, -0.15) is 0 Å². The number of carboxylic acids is 1. The first kappa shape index (κ1) is 15.9. The summed E-state index contributed by atoms with van der Waals surface area (Å²) in [6.45, 7) is 2.72. The number of carboxylic acid groups (broad SMARTS) is 1. The number of nitrogens with one attached hydrogen (secondary N) is 2. The van der Waals surface area contributed by atoms with Crippen molar-refractivity contribution in [1.29, 1.82) is 0 Å². The van der Waals surface area contributed by atoms with Crippen LogP contribution >= 0.6 is 0 Å². The van der Waals surface area contributed by atoms with Gasteiger partial charge in [-0.05, 0) is 5.92 Å². The lowest BCUT2D eigenvalue weighted by Gasteiger charge is -2.13. The lowest BCUT2D eigenvalue weighted by molar-refractivity contribution is -0.138. The zero-order chi connectivity index (χ0) is 15.0. The fourth-order valence-corrected chi connectivity index (χ4v) is 1.73. The molecule has 20 heavy (non-hydrogen) atoms. The summed E-state index contributed by atoms with van der Waals surface area (Å²) in [6.07, 6.45) is 2.98. The van der Waals surface area contributed by atoms with Gasteiger partial charge in [-0.15, -0.1) is 10.2 Å². The van der Waals surface area contributed by atoms with E-state index in [1.54, 1.807) is 10.9 Å². The molecule has 8 heteroatoms. The van der Waals surface area contributed by atoms with Crippen molar-refractivity contribution in [3.63, 3.8) is 0 Å². The van der Waals surface area contributed by atoms with E-state index < -0.39 is 5.97 Å². The highest BCUT2D eigenvalue weighted by Crippen LogP contribution is 2.06. The number of urea groups is 1. The van der Waals surface area contributed by atoms with E-state index in [2.05, 4.69) is 20.8 Å². The van der Waals surface area contributed by atoms with Gasteiger partial charge in [-0.25, -0.2) is 4.79 Å². The van der Waals surface area contributed by atoms with Gasteiger partial charge in [0.05, 0.1) is 0 Å². The average molecular weight is 283 g/mol. The minimum atomic E-state index is -0.846. The van der Waals surface area contributed by atoms with Crippen molar-refractivity contribution in [2.45, 2.75) is 26.2 Å². The van der Waals surface area contributed by atoms with Crippen LogP contribution in [-0.4, -0.2) is 45.0 Å². The van der Waals surface area contributed by atoms with Crippen LogP contribution in [0, 0.1) is 5.92 Å². The van der Waals surface area contributed by atoms with Gasteiger partial charge in [0.1, 0.15) is 12.2 Å². The largest absolute Gasteiger partial charge is 0.481 e. The molecule has 0 aliphatic heterocycles. The summed E-state index contributed by atoms with van der Waals surface area (Å²) in [4.78, 5) is 22.2. The third-order valence-electron chi connectivity index (χ3n) is 3.03. The van der Waals surface area contributed by atoms with Crippen molar-refractivity contribution in [1.82, 2.24) is 25.4 Å². The molecule has 0 spiro atoms. The van der Waals surface area contributed by atoms with Crippen molar-refractivity contribution in [2.75, 3.05) is 13.1 Å². The van der Waals surface area contributed by atoms with E-state index in [4.69, 9.17) is 5.11 Å². The Morgan fingerprint density at radius 1 is 1.45 bits per heavy atom. The predicted octanol–water partition coefficient (Wildman–Crippen LogP) is 0.158. The first-order chi connectivity index (χ1) is 9.52. The van der Waals surface area contributed by atoms with Gasteiger partial charge in [0, 0.05) is 33.0 Å². The van der Waals surface area contributed by atoms with Crippen molar-refractivity contribution >= 4 is 12.0 Å². The summed E-state index contributed by atoms with van der Waals surface area (Å²) in [7, 11) is 1.84. The summed E-state index contributed by atoms with van der Waals surface area (Å²) >= 11 is 0. The Kier molecular flexibility index (Phi) is 6.48. The molecule has 1 rings (SSSR count). The minimum absolute atomic E-state index is 0.0445. The quantitative estimate of drug-likeness (QED) is 0.629. The fraction of sp³-hybridized carbons (Fsp3) is 0.667. The molecule has 1 unspecified atom stereocenters. The third-order valence-corrected chi connectivity index (χ3v) is 3.03. The topological polar surface area (TPSA) is 109 Å². The molecule has 112 valence electrons. The van der Waals surface area contributed by atoms with E-state index in [-0.39, 0.29) is 18.4 Å². The number of aromatic nitrogens is 3. The Bertz CT molecular complexity index is 446. The average Bonchev–Trinajstić information content (AvgIpc) is 2.80. The maximum atomic E-state index is 11.6. The van der Waals surface area contributed by atoms with Crippen LogP contribution in [0.3, 0.4) is 0 Å². The van der Waals surface area contributed by atoms with Gasteiger partial charge >= 0.3 is 12.0 Å². The van der Waals surface area contributed by atoms with Crippen LogP contribution in [0.2, 0.25) is 0 Å². The summed E-state index contributed by atoms with van der Waals surface area (Å²) < 4.78 is 1.79. The molecule has 0 fully saturated rings. The number of nitrogens with zero attached hydrogens (tertiary/aromatic N) is 3. The van der Waals surface area contributed by atoms with E-state index in [0.717, 1.165) is 5.82 Å². The van der Waals surface area contributed by atoms with Crippen molar-refractivity contribution < 1.29 is 14.7 Å². The SMILES string of the molecule is CCC(CNC(=O)NCCc1nncn1C)CC(=O)O. The van der Waals surface area contributed by atoms with E-state index in [0.29, 0.717) is 25.9 Å². The van der Waals surface area contributed by atoms with Gasteiger partial charge < -0.3 is 20.3 Å². The van der Waals surface area contributed by atoms with Crippen LogP contribution in [-0.2, 0) is 18.3 Å². The highest BCUT2D eigenvalue weighted by Gasteiger charge is 2.12. The molecule has 2 amide bonds. The van der Waals surface area contributed by atoms with Gasteiger partial charge in [-0.1, -0.05) is 13.3 Å². The smallest absolute Gasteiger partial charge is 0.314 e. The Morgan fingerprint density at radius 2 is 2.20 bits per heavy atom. The summed E-state index contributed by atoms with van der Waals surface area (Å²) in [5.41, 5.74) is 0. The monoisotopic (exact) mass is 283 g/mol. The fourth-order valence-electron chi connectivity index (χ4n) is 1.73. The second-order valence-corrected chi connectivity index (χ2v) is 4.62. The molecule has 8 nitrogen and oxygen atoms in total. The number of carbonyl (C=O) groups is 2. The first-order valence-electron chi connectivity index (χ1n) is 6.59. The summed E-state index contributed by atoms with van der Waals surface area (Å²) in [5, 5.41) is 21.7. The Labute approximate surface area is 117 Å². The maximum Gasteiger partial charge on any atom is 0.314 e. The second kappa shape index (κ2) is 8.13. The van der Waals surface area contributed by atoms with E-state index in [1.165, 1.54) is 0 Å². The molecular formula is C12H21N5O3. The van der Waals surface area contributed by atoms with Crippen molar-refractivity contribution in [2.24, 2.45) is 13.0 Å². The second-order valence-electron chi connectivity index (χ2n) is 4.62. The highest BCUT2D eigenvalue weighted by atomic mass is 16.4. The summed E-state index contributed by atoms with van der Waals surface area (Å²) in [5.74, 6) is -0.0963. The van der Waals surface area contributed by atoms with Gasteiger partial charge in [0.2, 0.25) is 0 Å². The summed E-state index contributed by atoms with van der Waals surface area (Å²) in [6, 6.07) is -0.295. The molecule has 0 aromatic carbocycles. The molecule has 3 N–H and O–H groups in total. The van der Waals surface area contributed by atoms with Crippen molar-refractivity contribution in [3.05, 3.63) is 12.2 Å². The molecule has 0 saturated carbocycles. The zero-order valence-corrected chi connectivity index (χ0v) is 11.8. The Morgan fingerprint density at radius 3 is 2.75 bits per heavy atom. The first-order valence-corrected chi connectivity index (χ1v) is 6.59. The number of rotatable bonds is 8. The van der Waals surface area contributed by atoms with Crippen LogP contribution in [0.5, 0.6) is 0 Å². The molecule has 0 aliphatic rings. The standard InChI is InChI=1S/C12H21N5O3/c1-3-9(6-11(18)19)7-14-12(20)13-5-4-10-16-15-8-17(10)2/h8-9H,3-7H2,1-2H3,(H,18,19)(H2,13,14,20). The van der Waals surface area contributed by atoms with Gasteiger partial charge in [0.15, 0.2) is 0 Å². The molecule has 0 saturated heterocycles. The van der Waals surface area contributed by atoms with Crippen LogP contribution in [0.25, 0.3) is 0 Å². The third kappa shape index (κ3) is 5.68. The predicted molar refractivity (Wildman–Crippen MR) is 72.1 cm³/mol. The molecular weight excluding hydrogens is 262 g/mol.